The van der Waals surface area contributed by atoms with Gasteiger partial charge in [-0.15, -0.1) is 11.3 Å². The van der Waals surface area contributed by atoms with Gasteiger partial charge in [-0.3, -0.25) is 0 Å². The van der Waals surface area contributed by atoms with Crippen LogP contribution in [0.3, 0.4) is 0 Å². The normalized spacial score (nSPS) is 13.6. The van der Waals surface area contributed by atoms with Gasteiger partial charge >= 0.3 is 0 Å². The Balaban J connectivity index is 2.38. The fourth-order valence-corrected chi connectivity index (χ4v) is 3.93. The second-order valence-electron chi connectivity index (χ2n) is 4.11. The molecule has 0 spiro atoms. The molecule has 102 valence electrons. The number of anilines is 1. The number of hydrogen-bond acceptors (Lipinski definition) is 5. The molecule has 0 fully saturated rings. The van der Waals surface area contributed by atoms with Crippen molar-refractivity contribution >= 4 is 27.0 Å². The van der Waals surface area contributed by atoms with E-state index in [0.717, 1.165) is 4.88 Å². The minimum absolute atomic E-state index is 0.0964. The van der Waals surface area contributed by atoms with Gasteiger partial charge in [0.1, 0.15) is 0 Å². The zero-order chi connectivity index (χ0) is 14.0. The highest BCUT2D eigenvalue weighted by Crippen LogP contribution is 2.29. The van der Waals surface area contributed by atoms with Crippen molar-refractivity contribution in [1.82, 2.24) is 9.29 Å². The predicted molar refractivity (Wildman–Crippen MR) is 76.3 cm³/mol. The van der Waals surface area contributed by atoms with Crippen molar-refractivity contribution in [3.63, 3.8) is 0 Å². The van der Waals surface area contributed by atoms with Crippen LogP contribution in [0.25, 0.3) is 0 Å². The van der Waals surface area contributed by atoms with Crippen LogP contribution in [0.5, 0.6) is 0 Å². The minimum Gasteiger partial charge on any atom is -0.396 e. The zero-order valence-electron chi connectivity index (χ0n) is 10.6. The van der Waals surface area contributed by atoms with E-state index in [1.807, 2.05) is 24.4 Å². The third-order valence-corrected chi connectivity index (χ3v) is 5.87. The van der Waals surface area contributed by atoms with E-state index in [4.69, 9.17) is 5.73 Å². The number of nitrogens with zero attached hydrogens (tertiary/aromatic N) is 2. The van der Waals surface area contributed by atoms with Crippen LogP contribution in [-0.4, -0.2) is 24.8 Å². The van der Waals surface area contributed by atoms with Crippen LogP contribution in [0.2, 0.25) is 0 Å². The first kappa shape index (κ1) is 14.0. The Morgan fingerprint density at radius 3 is 2.68 bits per heavy atom. The molecular formula is C12H15N3O2S2. The van der Waals surface area contributed by atoms with E-state index in [0.29, 0.717) is 0 Å². The van der Waals surface area contributed by atoms with E-state index in [9.17, 15) is 8.42 Å². The van der Waals surface area contributed by atoms with Crippen molar-refractivity contribution < 1.29 is 8.42 Å². The molecule has 2 heterocycles. The Morgan fingerprint density at radius 1 is 1.37 bits per heavy atom. The Bertz CT molecular complexity index is 653. The van der Waals surface area contributed by atoms with Crippen molar-refractivity contribution in [3.05, 3.63) is 40.7 Å². The second kappa shape index (κ2) is 5.28. The predicted octanol–water partition coefficient (Wildman–Crippen LogP) is 2.11. The lowest BCUT2D eigenvalue weighted by Crippen LogP contribution is -2.30. The van der Waals surface area contributed by atoms with Crippen LogP contribution in [0.4, 0.5) is 5.69 Å². The molecule has 0 aliphatic carbocycles. The van der Waals surface area contributed by atoms with Crippen molar-refractivity contribution in [2.24, 2.45) is 0 Å². The first-order valence-electron chi connectivity index (χ1n) is 5.66. The largest absolute Gasteiger partial charge is 0.396 e. The van der Waals surface area contributed by atoms with Crippen molar-refractivity contribution in [1.29, 1.82) is 0 Å². The molecule has 5 nitrogen and oxygen atoms in total. The van der Waals surface area contributed by atoms with Crippen LogP contribution in [-0.2, 0) is 10.0 Å². The maximum absolute atomic E-state index is 12.5. The number of aromatic nitrogens is 1. The number of rotatable bonds is 4. The molecule has 19 heavy (non-hydrogen) atoms. The number of nitrogens with two attached hydrogens (primary N) is 1. The van der Waals surface area contributed by atoms with Crippen molar-refractivity contribution in [2.75, 3.05) is 12.8 Å². The number of nitrogen functional groups attached to an aromatic ring is 1. The molecule has 0 amide bonds. The summed E-state index contributed by atoms with van der Waals surface area (Å²) in [5.74, 6) is 0. The molecule has 0 aliphatic rings. The maximum Gasteiger partial charge on any atom is 0.262 e. The Kier molecular flexibility index (Phi) is 3.88. The fraction of sp³-hybridized carbons (Fsp3) is 0.250. The molecule has 0 saturated heterocycles. The molecule has 1 atom stereocenters. The first-order chi connectivity index (χ1) is 8.94. The standard InChI is InChI=1S/C12H15N3O2S2/c1-9(11-6-4-8-18-11)15(2)19(16,17)12-10(13)5-3-7-14-12/h3-9H,13H2,1-2H3. The number of hydrogen-bond donors (Lipinski definition) is 1. The van der Waals surface area contributed by atoms with Gasteiger partial charge in [0.25, 0.3) is 10.0 Å². The molecule has 0 bridgehead atoms. The van der Waals surface area contributed by atoms with Gasteiger partial charge in [-0.2, -0.15) is 4.31 Å². The summed E-state index contributed by atoms with van der Waals surface area (Å²) in [4.78, 5) is 4.86. The average molecular weight is 297 g/mol. The topological polar surface area (TPSA) is 76.3 Å². The Morgan fingerprint density at radius 2 is 2.11 bits per heavy atom. The molecule has 0 radical (unpaired) electrons. The minimum atomic E-state index is -3.69. The van der Waals surface area contributed by atoms with Crippen LogP contribution in [0.15, 0.2) is 40.9 Å². The molecule has 0 aromatic carbocycles. The van der Waals surface area contributed by atoms with Crippen molar-refractivity contribution in [2.45, 2.75) is 18.0 Å². The van der Waals surface area contributed by atoms with E-state index < -0.39 is 10.0 Å². The van der Waals surface area contributed by atoms with Crippen LogP contribution in [0, 0.1) is 0 Å². The van der Waals surface area contributed by atoms with Crippen LogP contribution in [0.1, 0.15) is 17.8 Å². The molecule has 7 heteroatoms. The highest BCUT2D eigenvalue weighted by molar-refractivity contribution is 7.89. The molecule has 0 saturated carbocycles. The van der Waals surface area contributed by atoms with E-state index in [1.54, 1.807) is 6.07 Å². The summed E-state index contributed by atoms with van der Waals surface area (Å²) in [6, 6.07) is 6.68. The molecule has 1 unspecified atom stereocenters. The zero-order valence-corrected chi connectivity index (χ0v) is 12.3. The molecule has 0 aliphatic heterocycles. The van der Waals surface area contributed by atoms with Gasteiger partial charge in [0.15, 0.2) is 5.03 Å². The number of pyridine rings is 1. The lowest BCUT2D eigenvalue weighted by molar-refractivity contribution is 0.401. The summed E-state index contributed by atoms with van der Waals surface area (Å²) in [6.45, 7) is 1.84. The third kappa shape index (κ3) is 2.63. The van der Waals surface area contributed by atoms with Gasteiger partial charge in [0, 0.05) is 18.1 Å². The van der Waals surface area contributed by atoms with E-state index >= 15 is 0 Å². The summed E-state index contributed by atoms with van der Waals surface area (Å²) >= 11 is 1.52. The second-order valence-corrected chi connectivity index (χ2v) is 7.00. The molecule has 2 N–H and O–H groups in total. The number of thiophene rings is 1. The van der Waals surface area contributed by atoms with Crippen LogP contribution >= 0.6 is 11.3 Å². The summed E-state index contributed by atoms with van der Waals surface area (Å²) < 4.78 is 26.2. The van der Waals surface area contributed by atoms with Gasteiger partial charge in [0.05, 0.1) is 11.7 Å². The molecular weight excluding hydrogens is 282 g/mol. The quantitative estimate of drug-likeness (QED) is 0.937. The summed E-state index contributed by atoms with van der Waals surface area (Å²) in [6.07, 6.45) is 1.42. The molecule has 2 aromatic rings. The van der Waals surface area contributed by atoms with Gasteiger partial charge < -0.3 is 5.73 Å². The fourth-order valence-electron chi connectivity index (χ4n) is 1.67. The van der Waals surface area contributed by atoms with E-state index in [1.165, 1.54) is 35.0 Å². The van der Waals surface area contributed by atoms with E-state index in [2.05, 4.69) is 4.98 Å². The summed E-state index contributed by atoms with van der Waals surface area (Å²) in [7, 11) is -2.16. The molecule has 2 aromatic heterocycles. The number of sulfonamides is 1. The smallest absolute Gasteiger partial charge is 0.262 e. The van der Waals surface area contributed by atoms with Gasteiger partial charge in [-0.1, -0.05) is 6.07 Å². The Labute approximate surface area is 116 Å². The third-order valence-electron chi connectivity index (χ3n) is 2.92. The van der Waals surface area contributed by atoms with Gasteiger partial charge in [-0.25, -0.2) is 13.4 Å². The lowest BCUT2D eigenvalue weighted by Gasteiger charge is -2.23. The summed E-state index contributed by atoms with van der Waals surface area (Å²) in [5.41, 5.74) is 5.86. The lowest BCUT2D eigenvalue weighted by atomic mass is 10.3. The summed E-state index contributed by atoms with van der Waals surface area (Å²) in [5, 5.41) is 1.82. The van der Waals surface area contributed by atoms with Crippen LogP contribution < -0.4 is 5.73 Å². The highest BCUT2D eigenvalue weighted by Gasteiger charge is 2.29. The average Bonchev–Trinajstić information content (AvgIpc) is 2.91. The van der Waals surface area contributed by atoms with E-state index in [-0.39, 0.29) is 16.8 Å². The SMILES string of the molecule is CC(c1cccs1)N(C)S(=O)(=O)c1ncccc1N. The molecule has 2 rings (SSSR count). The van der Waals surface area contributed by atoms with Gasteiger partial charge in [-0.05, 0) is 30.5 Å². The first-order valence-corrected chi connectivity index (χ1v) is 7.98. The van der Waals surface area contributed by atoms with Gasteiger partial charge in [0.2, 0.25) is 0 Å². The highest BCUT2D eigenvalue weighted by atomic mass is 32.2. The Hall–Kier alpha value is -1.44. The van der Waals surface area contributed by atoms with Crippen molar-refractivity contribution in [3.8, 4) is 0 Å². The monoisotopic (exact) mass is 297 g/mol. The maximum atomic E-state index is 12.5.